The summed E-state index contributed by atoms with van der Waals surface area (Å²) in [5, 5.41) is 76.1. The summed E-state index contributed by atoms with van der Waals surface area (Å²) in [6.45, 7) is -2.05. The molecule has 9 atom stereocenters. The molecule has 2 aliphatic rings. The van der Waals surface area contributed by atoms with Crippen LogP contribution in [0.15, 0.2) is 0 Å². The average molecular weight is 342 g/mol. The Kier molecular flexibility index (Phi) is 5.92. The minimum atomic E-state index is -2.34. The van der Waals surface area contributed by atoms with Crippen LogP contribution in [0.25, 0.3) is 0 Å². The Balaban J connectivity index is 1.95. The van der Waals surface area contributed by atoms with Gasteiger partial charge in [-0.3, -0.25) is 0 Å². The molecule has 136 valence electrons. The van der Waals surface area contributed by atoms with Crippen LogP contribution < -0.4 is 0 Å². The predicted molar refractivity (Wildman–Crippen MR) is 68.6 cm³/mol. The van der Waals surface area contributed by atoms with Gasteiger partial charge in [0.1, 0.15) is 42.7 Å². The lowest BCUT2D eigenvalue weighted by Gasteiger charge is -2.39. The summed E-state index contributed by atoms with van der Waals surface area (Å²) in [6.07, 6.45) is -12.0. The topological polar surface area (TPSA) is 190 Å². The van der Waals surface area contributed by atoms with Crippen molar-refractivity contribution in [2.75, 3.05) is 19.8 Å². The maximum atomic E-state index is 9.78. The zero-order valence-electron chi connectivity index (χ0n) is 12.0. The van der Waals surface area contributed by atoms with E-state index in [4.69, 9.17) is 24.4 Å². The Hall–Kier alpha value is -0.440. The lowest BCUT2D eigenvalue weighted by atomic mass is 9.99. The minimum Gasteiger partial charge on any atom is -0.394 e. The first-order valence-electron chi connectivity index (χ1n) is 7.04. The Bertz CT molecular complexity index is 393. The molecule has 0 saturated carbocycles. The Labute approximate surface area is 130 Å². The second kappa shape index (κ2) is 7.21. The van der Waals surface area contributed by atoms with Gasteiger partial charge in [-0.25, -0.2) is 0 Å². The van der Waals surface area contributed by atoms with Gasteiger partial charge >= 0.3 is 0 Å². The first-order valence-corrected chi connectivity index (χ1v) is 7.04. The summed E-state index contributed by atoms with van der Waals surface area (Å²) in [6, 6.07) is 0. The van der Waals surface area contributed by atoms with Crippen molar-refractivity contribution in [2.45, 2.75) is 54.8 Å². The minimum absolute atomic E-state index is 0.469. The molecule has 0 spiro atoms. The van der Waals surface area contributed by atoms with Crippen LogP contribution in [0.4, 0.5) is 0 Å². The Morgan fingerprint density at radius 3 is 2.04 bits per heavy atom. The van der Waals surface area contributed by atoms with Crippen molar-refractivity contribution in [1.82, 2.24) is 0 Å². The molecule has 0 aromatic rings. The second-order valence-electron chi connectivity index (χ2n) is 5.63. The van der Waals surface area contributed by atoms with Crippen LogP contribution in [0.2, 0.25) is 0 Å². The first-order chi connectivity index (χ1) is 10.7. The third-order valence-electron chi connectivity index (χ3n) is 4.02. The average Bonchev–Trinajstić information content (AvgIpc) is 2.77. The summed E-state index contributed by atoms with van der Waals surface area (Å²) >= 11 is 0. The fraction of sp³-hybridized carbons (Fsp3) is 1.00. The molecule has 2 heterocycles. The van der Waals surface area contributed by atoms with Gasteiger partial charge in [-0.1, -0.05) is 0 Å². The third kappa shape index (κ3) is 3.50. The van der Waals surface area contributed by atoms with E-state index >= 15 is 0 Å². The SMILES string of the molecule is OCC1O[C@H](OCC2OC(O)(CO)C(O)C2O)C(O)C(O)C1O. The number of aliphatic hydroxyl groups excluding tert-OH is 7. The van der Waals surface area contributed by atoms with Gasteiger partial charge < -0.3 is 55.1 Å². The lowest BCUT2D eigenvalue weighted by Crippen LogP contribution is -2.59. The quantitative estimate of drug-likeness (QED) is 0.238. The van der Waals surface area contributed by atoms with E-state index in [-0.39, 0.29) is 0 Å². The van der Waals surface area contributed by atoms with Crippen molar-refractivity contribution in [3.8, 4) is 0 Å². The number of hydrogen-bond acceptors (Lipinski definition) is 11. The van der Waals surface area contributed by atoms with Crippen LogP contribution in [0.5, 0.6) is 0 Å². The van der Waals surface area contributed by atoms with Crippen LogP contribution in [0.3, 0.4) is 0 Å². The predicted octanol–water partition coefficient (Wildman–Crippen LogP) is -5.40. The van der Waals surface area contributed by atoms with E-state index in [2.05, 4.69) is 0 Å². The molecule has 0 aromatic heterocycles. The van der Waals surface area contributed by atoms with Gasteiger partial charge in [0.05, 0.1) is 19.8 Å². The normalized spacial score (nSPS) is 51.1. The van der Waals surface area contributed by atoms with Crippen molar-refractivity contribution >= 4 is 0 Å². The molecule has 23 heavy (non-hydrogen) atoms. The molecule has 2 fully saturated rings. The molecule has 0 amide bonds. The maximum absolute atomic E-state index is 9.78. The summed E-state index contributed by atoms with van der Waals surface area (Å²) in [7, 11) is 0. The zero-order chi connectivity index (χ0) is 17.4. The zero-order valence-corrected chi connectivity index (χ0v) is 12.0. The van der Waals surface area contributed by atoms with E-state index in [1.807, 2.05) is 0 Å². The molecule has 2 saturated heterocycles. The largest absolute Gasteiger partial charge is 0.394 e. The Morgan fingerprint density at radius 1 is 0.870 bits per heavy atom. The van der Waals surface area contributed by atoms with Gasteiger partial charge in [-0.05, 0) is 0 Å². The van der Waals surface area contributed by atoms with E-state index in [0.717, 1.165) is 0 Å². The summed E-state index contributed by atoms with van der Waals surface area (Å²) in [5.74, 6) is -2.34. The summed E-state index contributed by atoms with van der Waals surface area (Å²) in [5.41, 5.74) is 0. The van der Waals surface area contributed by atoms with Crippen molar-refractivity contribution in [3.05, 3.63) is 0 Å². The fourth-order valence-corrected chi connectivity index (χ4v) is 2.53. The number of ether oxygens (including phenoxy) is 3. The van der Waals surface area contributed by atoms with Gasteiger partial charge in [0.15, 0.2) is 6.29 Å². The highest BCUT2D eigenvalue weighted by Gasteiger charge is 2.53. The van der Waals surface area contributed by atoms with Crippen LogP contribution in [0.1, 0.15) is 0 Å². The first kappa shape index (κ1) is 18.9. The second-order valence-corrected chi connectivity index (χ2v) is 5.63. The highest BCUT2D eigenvalue weighted by Crippen LogP contribution is 2.30. The number of hydrogen-bond donors (Lipinski definition) is 8. The molecule has 2 aliphatic heterocycles. The summed E-state index contributed by atoms with van der Waals surface area (Å²) < 4.78 is 15.2. The lowest BCUT2D eigenvalue weighted by molar-refractivity contribution is -0.310. The molecule has 0 aromatic carbocycles. The molecule has 0 aliphatic carbocycles. The van der Waals surface area contributed by atoms with Gasteiger partial charge in [0.2, 0.25) is 5.79 Å². The third-order valence-corrected chi connectivity index (χ3v) is 4.02. The molecule has 0 bridgehead atoms. The maximum Gasteiger partial charge on any atom is 0.219 e. The fourth-order valence-electron chi connectivity index (χ4n) is 2.53. The van der Waals surface area contributed by atoms with Crippen molar-refractivity contribution in [3.63, 3.8) is 0 Å². The van der Waals surface area contributed by atoms with Crippen molar-refractivity contribution in [1.29, 1.82) is 0 Å². The molecule has 11 nitrogen and oxygen atoms in total. The van der Waals surface area contributed by atoms with E-state index in [0.29, 0.717) is 0 Å². The van der Waals surface area contributed by atoms with Crippen molar-refractivity contribution in [2.24, 2.45) is 0 Å². The van der Waals surface area contributed by atoms with Gasteiger partial charge in [-0.15, -0.1) is 0 Å². The number of rotatable bonds is 5. The van der Waals surface area contributed by atoms with E-state index in [1.165, 1.54) is 0 Å². The molecule has 8 unspecified atom stereocenters. The monoisotopic (exact) mass is 342 g/mol. The number of aliphatic hydroxyl groups is 8. The molecule has 0 radical (unpaired) electrons. The van der Waals surface area contributed by atoms with E-state index in [1.54, 1.807) is 0 Å². The van der Waals surface area contributed by atoms with Gasteiger partial charge in [-0.2, -0.15) is 0 Å². The Morgan fingerprint density at radius 2 is 1.52 bits per heavy atom. The molecular weight excluding hydrogens is 320 g/mol. The smallest absolute Gasteiger partial charge is 0.219 e. The van der Waals surface area contributed by atoms with E-state index < -0.39 is 74.6 Å². The van der Waals surface area contributed by atoms with Gasteiger partial charge in [0, 0.05) is 0 Å². The van der Waals surface area contributed by atoms with Gasteiger partial charge in [0.25, 0.3) is 0 Å². The van der Waals surface area contributed by atoms with E-state index in [9.17, 15) is 30.6 Å². The molecule has 11 heteroatoms. The van der Waals surface area contributed by atoms with Crippen LogP contribution in [-0.2, 0) is 14.2 Å². The standard InChI is InChI=1S/C12H22O11/c13-1-4-6(15)8(17)9(18)11(22-4)21-2-5-7(16)10(19)12(20,3-14)23-5/h4-11,13-20H,1-3H2/t4?,5?,6?,7?,8?,9?,10?,11-,12?/m0/s1. The van der Waals surface area contributed by atoms with Crippen LogP contribution in [-0.4, -0.2) is 115 Å². The van der Waals surface area contributed by atoms with Crippen LogP contribution in [0, 0.1) is 0 Å². The highest BCUT2D eigenvalue weighted by atomic mass is 16.7. The summed E-state index contributed by atoms with van der Waals surface area (Å²) in [4.78, 5) is 0. The van der Waals surface area contributed by atoms with Crippen molar-refractivity contribution < 1.29 is 55.1 Å². The molecule has 8 N–H and O–H groups in total. The highest BCUT2D eigenvalue weighted by molar-refractivity contribution is 4.95. The molecule has 2 rings (SSSR count). The van der Waals surface area contributed by atoms with Crippen LogP contribution >= 0.6 is 0 Å². The molecular formula is C12H22O11.